The van der Waals surface area contributed by atoms with Crippen LogP contribution in [0, 0.1) is 0 Å². The van der Waals surface area contributed by atoms with Crippen LogP contribution >= 0.6 is 0 Å². The Labute approximate surface area is 136 Å². The van der Waals surface area contributed by atoms with Gasteiger partial charge in [0.05, 0.1) is 18.7 Å². The Hall–Kier alpha value is -2.08. The average molecular weight is 319 g/mol. The Kier molecular flexibility index (Phi) is 6.40. The van der Waals surface area contributed by atoms with Crippen LogP contribution in [0.2, 0.25) is 0 Å². The number of carbonyl (C=O) groups is 2. The first-order chi connectivity index (χ1) is 11.1. The fraction of sp³-hybridized carbons (Fsp3) is 0.529. The molecule has 0 aromatic carbocycles. The molecule has 1 atom stereocenters. The summed E-state index contributed by atoms with van der Waals surface area (Å²) in [7, 11) is 0. The van der Waals surface area contributed by atoms with Crippen LogP contribution in [-0.2, 0) is 16.0 Å². The minimum Gasteiger partial charge on any atom is -0.469 e. The van der Waals surface area contributed by atoms with Crippen molar-refractivity contribution < 1.29 is 14.0 Å². The molecule has 1 fully saturated rings. The van der Waals surface area contributed by atoms with Crippen LogP contribution in [0.4, 0.5) is 0 Å². The summed E-state index contributed by atoms with van der Waals surface area (Å²) in [5.74, 6) is 0.659. The lowest BCUT2D eigenvalue weighted by molar-refractivity contribution is -0.133. The molecule has 126 valence electrons. The van der Waals surface area contributed by atoms with Crippen LogP contribution in [0.1, 0.15) is 26.0 Å². The molecule has 1 aromatic rings. The molecule has 0 saturated carbocycles. The second kappa shape index (κ2) is 8.53. The number of allylic oxidation sites excluding steroid dienone is 1. The van der Waals surface area contributed by atoms with Crippen molar-refractivity contribution >= 4 is 11.8 Å². The molecule has 0 radical (unpaired) electrons. The number of piperazine rings is 1. The van der Waals surface area contributed by atoms with Crippen LogP contribution in [0.5, 0.6) is 0 Å². The van der Waals surface area contributed by atoms with Crippen LogP contribution in [0.25, 0.3) is 0 Å². The number of rotatable bonds is 7. The van der Waals surface area contributed by atoms with Gasteiger partial charge in [0, 0.05) is 32.6 Å². The van der Waals surface area contributed by atoms with E-state index in [0.29, 0.717) is 26.1 Å². The predicted octanol–water partition coefficient (Wildman–Crippen LogP) is 1.10. The van der Waals surface area contributed by atoms with Crippen molar-refractivity contribution in [1.29, 1.82) is 0 Å². The van der Waals surface area contributed by atoms with Crippen molar-refractivity contribution in [2.75, 3.05) is 26.2 Å². The SMILES string of the molecule is CC(C)=CCN1CCNC(=O)C1CC(=O)NCCc1ccco1. The van der Waals surface area contributed by atoms with Gasteiger partial charge in [0.15, 0.2) is 0 Å². The van der Waals surface area contributed by atoms with E-state index in [4.69, 9.17) is 4.42 Å². The molecule has 1 aliphatic heterocycles. The minimum atomic E-state index is -0.400. The zero-order valence-electron chi connectivity index (χ0n) is 13.8. The highest BCUT2D eigenvalue weighted by Gasteiger charge is 2.30. The van der Waals surface area contributed by atoms with Crippen LogP contribution < -0.4 is 10.6 Å². The average Bonchev–Trinajstić information content (AvgIpc) is 3.01. The molecule has 1 unspecified atom stereocenters. The maximum Gasteiger partial charge on any atom is 0.237 e. The summed E-state index contributed by atoms with van der Waals surface area (Å²) in [5.41, 5.74) is 1.21. The van der Waals surface area contributed by atoms with Crippen LogP contribution in [0.15, 0.2) is 34.5 Å². The van der Waals surface area contributed by atoms with Crippen LogP contribution in [-0.4, -0.2) is 48.9 Å². The number of furan rings is 1. The summed E-state index contributed by atoms with van der Waals surface area (Å²) >= 11 is 0. The minimum absolute atomic E-state index is 0.0698. The summed E-state index contributed by atoms with van der Waals surface area (Å²) in [6.07, 6.45) is 4.53. The smallest absolute Gasteiger partial charge is 0.237 e. The van der Waals surface area contributed by atoms with E-state index in [-0.39, 0.29) is 18.2 Å². The van der Waals surface area contributed by atoms with Crippen molar-refractivity contribution in [3.05, 3.63) is 35.8 Å². The summed E-state index contributed by atoms with van der Waals surface area (Å²) in [4.78, 5) is 26.2. The maximum absolute atomic E-state index is 12.1. The molecule has 0 bridgehead atoms. The van der Waals surface area contributed by atoms with Crippen molar-refractivity contribution in [2.24, 2.45) is 0 Å². The fourth-order valence-electron chi connectivity index (χ4n) is 2.53. The number of carbonyl (C=O) groups excluding carboxylic acids is 2. The van der Waals surface area contributed by atoms with E-state index >= 15 is 0 Å². The Morgan fingerprint density at radius 3 is 3.04 bits per heavy atom. The predicted molar refractivity (Wildman–Crippen MR) is 87.8 cm³/mol. The first-order valence-electron chi connectivity index (χ1n) is 8.00. The molecule has 2 amide bonds. The van der Waals surface area contributed by atoms with Gasteiger partial charge in [-0.3, -0.25) is 14.5 Å². The fourth-order valence-corrected chi connectivity index (χ4v) is 2.53. The van der Waals surface area contributed by atoms with Gasteiger partial charge in [0.1, 0.15) is 5.76 Å². The van der Waals surface area contributed by atoms with E-state index < -0.39 is 6.04 Å². The lowest BCUT2D eigenvalue weighted by atomic mass is 10.1. The van der Waals surface area contributed by atoms with E-state index in [1.54, 1.807) is 6.26 Å². The molecular weight excluding hydrogens is 294 g/mol. The first-order valence-corrected chi connectivity index (χ1v) is 8.00. The van der Waals surface area contributed by atoms with Gasteiger partial charge < -0.3 is 15.1 Å². The van der Waals surface area contributed by atoms with Crippen molar-refractivity contribution in [3.8, 4) is 0 Å². The van der Waals surface area contributed by atoms with Crippen LogP contribution in [0.3, 0.4) is 0 Å². The Morgan fingerprint density at radius 2 is 2.35 bits per heavy atom. The van der Waals surface area contributed by atoms with Crippen molar-refractivity contribution in [1.82, 2.24) is 15.5 Å². The molecule has 6 nitrogen and oxygen atoms in total. The van der Waals surface area contributed by atoms with E-state index in [0.717, 1.165) is 12.3 Å². The molecule has 23 heavy (non-hydrogen) atoms. The molecule has 2 N–H and O–H groups in total. The molecule has 6 heteroatoms. The summed E-state index contributed by atoms with van der Waals surface area (Å²) < 4.78 is 5.22. The summed E-state index contributed by atoms with van der Waals surface area (Å²) in [6, 6.07) is 3.30. The number of hydrogen-bond acceptors (Lipinski definition) is 4. The Bertz CT molecular complexity index is 547. The second-order valence-corrected chi connectivity index (χ2v) is 5.97. The van der Waals surface area contributed by atoms with Gasteiger partial charge in [0.25, 0.3) is 0 Å². The molecular formula is C17H25N3O3. The molecule has 0 aliphatic carbocycles. The number of hydrogen-bond donors (Lipinski definition) is 2. The Morgan fingerprint density at radius 1 is 1.52 bits per heavy atom. The molecule has 1 aromatic heterocycles. The monoisotopic (exact) mass is 319 g/mol. The lowest BCUT2D eigenvalue weighted by Gasteiger charge is -2.34. The van der Waals surface area contributed by atoms with Crippen molar-refractivity contribution in [3.63, 3.8) is 0 Å². The zero-order valence-corrected chi connectivity index (χ0v) is 13.8. The van der Waals surface area contributed by atoms with Gasteiger partial charge in [-0.1, -0.05) is 11.6 Å². The topological polar surface area (TPSA) is 74.6 Å². The highest BCUT2D eigenvalue weighted by atomic mass is 16.3. The van der Waals surface area contributed by atoms with Gasteiger partial charge >= 0.3 is 0 Å². The highest BCUT2D eigenvalue weighted by Crippen LogP contribution is 2.10. The normalized spacial score (nSPS) is 18.3. The van der Waals surface area contributed by atoms with E-state index in [1.807, 2.05) is 26.0 Å². The van der Waals surface area contributed by atoms with Crippen molar-refractivity contribution in [2.45, 2.75) is 32.7 Å². The highest BCUT2D eigenvalue weighted by molar-refractivity contribution is 5.88. The largest absolute Gasteiger partial charge is 0.469 e. The van der Waals surface area contributed by atoms with E-state index in [9.17, 15) is 9.59 Å². The summed E-state index contributed by atoms with van der Waals surface area (Å²) in [5, 5.41) is 5.69. The first kappa shape index (κ1) is 17.3. The van der Waals surface area contributed by atoms with E-state index in [1.165, 1.54) is 5.57 Å². The van der Waals surface area contributed by atoms with Gasteiger partial charge in [-0.05, 0) is 26.0 Å². The van der Waals surface area contributed by atoms with Gasteiger partial charge in [-0.2, -0.15) is 0 Å². The number of nitrogens with zero attached hydrogens (tertiary/aromatic N) is 1. The molecule has 1 saturated heterocycles. The number of nitrogens with one attached hydrogen (secondary N) is 2. The molecule has 1 aliphatic rings. The molecule has 0 spiro atoms. The molecule has 2 rings (SSSR count). The van der Waals surface area contributed by atoms with Gasteiger partial charge in [-0.25, -0.2) is 0 Å². The third-order valence-electron chi connectivity index (χ3n) is 3.83. The third-order valence-corrected chi connectivity index (χ3v) is 3.83. The summed E-state index contributed by atoms with van der Waals surface area (Å²) in [6.45, 7) is 6.65. The second-order valence-electron chi connectivity index (χ2n) is 5.97. The molecule has 2 heterocycles. The maximum atomic E-state index is 12.1. The standard InChI is InChI=1S/C17H25N3O3/c1-13(2)6-9-20-10-8-19-17(22)15(20)12-16(21)18-7-5-14-4-3-11-23-14/h3-4,6,11,15H,5,7-10,12H2,1-2H3,(H,18,21)(H,19,22). The van der Waals surface area contributed by atoms with Gasteiger partial charge in [0.2, 0.25) is 11.8 Å². The lowest BCUT2D eigenvalue weighted by Crippen LogP contribution is -2.56. The number of amides is 2. The van der Waals surface area contributed by atoms with E-state index in [2.05, 4.69) is 21.6 Å². The zero-order chi connectivity index (χ0) is 16.7. The Balaban J connectivity index is 1.82. The van der Waals surface area contributed by atoms with Gasteiger partial charge in [-0.15, -0.1) is 0 Å². The quantitative estimate of drug-likeness (QED) is 0.738. The third kappa shape index (κ3) is 5.56.